The summed E-state index contributed by atoms with van der Waals surface area (Å²) in [6.45, 7) is 8.73. The molecule has 1 saturated carbocycles. The highest BCUT2D eigenvalue weighted by Crippen LogP contribution is 2.68. The van der Waals surface area contributed by atoms with E-state index in [0.717, 1.165) is 20.2 Å². The maximum absolute atomic E-state index is 4.24. The zero-order valence-electron chi connectivity index (χ0n) is 10.5. The summed E-state index contributed by atoms with van der Waals surface area (Å²) >= 11 is 5.06. The fourth-order valence-electron chi connectivity index (χ4n) is 3.15. The van der Waals surface area contributed by atoms with Crippen LogP contribution in [0.1, 0.15) is 26.7 Å². The van der Waals surface area contributed by atoms with Crippen molar-refractivity contribution < 1.29 is 0 Å². The lowest BCUT2D eigenvalue weighted by molar-refractivity contribution is 0.595. The molecule has 2 rings (SSSR count). The fraction of sp³-hybridized carbons (Fsp3) is 0.600. The van der Waals surface area contributed by atoms with Crippen molar-refractivity contribution in [2.45, 2.75) is 30.6 Å². The highest BCUT2D eigenvalue weighted by atomic mass is 127. The molecule has 0 amide bonds. The van der Waals surface area contributed by atoms with Gasteiger partial charge < -0.3 is 0 Å². The Labute approximate surface area is 132 Å². The molecule has 0 aromatic heterocycles. The Hall–Kier alpha value is 0.680. The monoisotopic (exact) mass is 454 g/mol. The van der Waals surface area contributed by atoms with Crippen LogP contribution in [0.15, 0.2) is 36.0 Å². The van der Waals surface area contributed by atoms with Gasteiger partial charge in [0.25, 0.3) is 0 Å². The van der Waals surface area contributed by atoms with Gasteiger partial charge in [0.1, 0.15) is 0 Å². The van der Waals surface area contributed by atoms with Gasteiger partial charge in [-0.3, -0.25) is 0 Å². The van der Waals surface area contributed by atoms with E-state index in [2.05, 4.69) is 83.8 Å². The molecule has 0 aromatic carbocycles. The van der Waals surface area contributed by atoms with Crippen molar-refractivity contribution in [2.24, 2.45) is 17.3 Å². The Kier molecular flexibility index (Phi) is 4.44. The maximum atomic E-state index is 4.24. The van der Waals surface area contributed by atoms with E-state index < -0.39 is 0 Å². The van der Waals surface area contributed by atoms with E-state index in [9.17, 15) is 0 Å². The Bertz CT molecular complexity index is 380. The van der Waals surface area contributed by atoms with Gasteiger partial charge in [-0.05, 0) is 37.2 Å². The van der Waals surface area contributed by atoms with Gasteiger partial charge in [0.15, 0.2) is 0 Å². The van der Waals surface area contributed by atoms with Crippen molar-refractivity contribution in [2.75, 3.05) is 4.43 Å². The van der Waals surface area contributed by atoms with Gasteiger partial charge in [-0.15, -0.1) is 0 Å². The molecule has 4 atom stereocenters. The highest BCUT2D eigenvalue weighted by molar-refractivity contribution is 14.1. The Morgan fingerprint density at radius 3 is 2.82 bits per heavy atom. The van der Waals surface area contributed by atoms with Crippen molar-refractivity contribution in [1.29, 1.82) is 0 Å². The summed E-state index contributed by atoms with van der Waals surface area (Å²) in [5, 5.41) is 0. The lowest BCUT2D eigenvalue weighted by atomic mass is 9.89. The molecule has 0 nitrogen and oxygen atoms in total. The van der Waals surface area contributed by atoms with E-state index in [1.54, 1.807) is 0 Å². The molecule has 0 aromatic rings. The van der Waals surface area contributed by atoms with Gasteiger partial charge in [0.2, 0.25) is 0 Å². The SMILES string of the molecule is C=C(C)C12C=CC(CI)=C[C@@H]1C2CC(I)CC. The number of rotatable bonds is 5. The van der Waals surface area contributed by atoms with E-state index in [1.165, 1.54) is 24.0 Å². The lowest BCUT2D eigenvalue weighted by Gasteiger charge is -2.17. The maximum Gasteiger partial charge on any atom is 0.0243 e. The zero-order chi connectivity index (χ0) is 12.6. The first-order valence-electron chi connectivity index (χ1n) is 6.32. The van der Waals surface area contributed by atoms with Gasteiger partial charge in [-0.2, -0.15) is 0 Å². The third-order valence-corrected chi connectivity index (χ3v) is 6.57. The molecular weight excluding hydrogens is 434 g/mol. The first-order valence-corrected chi connectivity index (χ1v) is 9.09. The normalized spacial score (nSPS) is 36.1. The van der Waals surface area contributed by atoms with Gasteiger partial charge >= 0.3 is 0 Å². The molecule has 2 heteroatoms. The fourth-order valence-corrected chi connectivity index (χ4v) is 4.20. The number of halogens is 2. The Balaban J connectivity index is 2.18. The van der Waals surface area contributed by atoms with Crippen LogP contribution in [0.4, 0.5) is 0 Å². The minimum Gasteiger partial charge on any atom is -0.0992 e. The third-order valence-electron chi connectivity index (χ3n) is 4.30. The predicted octanol–water partition coefficient (Wildman–Crippen LogP) is 5.33. The predicted molar refractivity (Wildman–Crippen MR) is 93.1 cm³/mol. The summed E-state index contributed by atoms with van der Waals surface area (Å²) in [5.74, 6) is 1.54. The topological polar surface area (TPSA) is 0 Å². The third kappa shape index (κ3) is 2.40. The van der Waals surface area contributed by atoms with Crippen molar-refractivity contribution in [3.8, 4) is 0 Å². The summed E-state index contributed by atoms with van der Waals surface area (Å²) < 4.78 is 1.94. The van der Waals surface area contributed by atoms with Gasteiger partial charge in [-0.25, -0.2) is 0 Å². The van der Waals surface area contributed by atoms with Crippen LogP contribution in [-0.2, 0) is 0 Å². The second-order valence-electron chi connectivity index (χ2n) is 5.30. The van der Waals surface area contributed by atoms with Crippen LogP contribution >= 0.6 is 45.2 Å². The molecule has 0 bridgehead atoms. The Morgan fingerprint density at radius 1 is 1.59 bits per heavy atom. The smallest absolute Gasteiger partial charge is 0.0243 e. The molecule has 0 radical (unpaired) electrons. The molecule has 0 spiro atoms. The van der Waals surface area contributed by atoms with Gasteiger partial charge in [0, 0.05) is 13.8 Å². The molecule has 2 aliphatic carbocycles. The second-order valence-corrected chi connectivity index (χ2v) is 7.82. The van der Waals surface area contributed by atoms with E-state index in [0.29, 0.717) is 5.41 Å². The molecule has 0 aliphatic heterocycles. The lowest BCUT2D eigenvalue weighted by Crippen LogP contribution is -2.07. The second kappa shape index (κ2) is 5.35. The van der Waals surface area contributed by atoms with Gasteiger partial charge in [0.05, 0.1) is 0 Å². The summed E-state index contributed by atoms with van der Waals surface area (Å²) in [7, 11) is 0. The molecule has 1 fully saturated rings. The van der Waals surface area contributed by atoms with E-state index in [-0.39, 0.29) is 0 Å². The highest BCUT2D eigenvalue weighted by Gasteiger charge is 2.62. The average molecular weight is 454 g/mol. The van der Waals surface area contributed by atoms with E-state index in [1.807, 2.05) is 0 Å². The minimum atomic E-state index is 0.313. The quantitative estimate of drug-likeness (QED) is 0.300. The van der Waals surface area contributed by atoms with Crippen molar-refractivity contribution in [1.82, 2.24) is 0 Å². The molecule has 17 heavy (non-hydrogen) atoms. The molecule has 2 aliphatic rings. The van der Waals surface area contributed by atoms with Crippen LogP contribution in [0, 0.1) is 17.3 Å². The summed E-state index contributed by atoms with van der Waals surface area (Å²) in [5.41, 5.74) is 3.16. The number of allylic oxidation sites excluding steroid dienone is 5. The van der Waals surface area contributed by atoms with Crippen LogP contribution in [-0.4, -0.2) is 8.35 Å². The standard InChI is InChI=1S/C15H20I2/c1-4-12(17)8-14-13-7-11(9-16)5-6-15(13,14)10(2)3/h5-7,12-14H,2,4,8-9H2,1,3H3/t12?,13-,14?,15?/m1/s1. The van der Waals surface area contributed by atoms with Crippen LogP contribution < -0.4 is 0 Å². The number of hydrogen-bond donors (Lipinski definition) is 0. The van der Waals surface area contributed by atoms with E-state index >= 15 is 0 Å². The minimum absolute atomic E-state index is 0.313. The van der Waals surface area contributed by atoms with Crippen LogP contribution in [0.2, 0.25) is 0 Å². The largest absolute Gasteiger partial charge is 0.0992 e. The molecule has 3 unspecified atom stereocenters. The average Bonchev–Trinajstić information content (AvgIpc) is 2.97. The summed E-state index contributed by atoms with van der Waals surface area (Å²) in [4.78, 5) is 0. The number of alkyl halides is 2. The van der Waals surface area contributed by atoms with Crippen LogP contribution in [0.25, 0.3) is 0 Å². The number of fused-ring (bicyclic) bond motifs is 1. The molecule has 0 saturated heterocycles. The summed E-state index contributed by atoms with van der Waals surface area (Å²) in [6, 6.07) is 0. The molecular formula is C15H20I2. The Morgan fingerprint density at radius 2 is 2.29 bits per heavy atom. The van der Waals surface area contributed by atoms with Crippen molar-refractivity contribution in [3.63, 3.8) is 0 Å². The number of hydrogen-bond acceptors (Lipinski definition) is 0. The molecule has 0 N–H and O–H groups in total. The van der Waals surface area contributed by atoms with Crippen LogP contribution in [0.3, 0.4) is 0 Å². The molecule has 0 heterocycles. The van der Waals surface area contributed by atoms with Crippen LogP contribution in [0.5, 0.6) is 0 Å². The van der Waals surface area contributed by atoms with Crippen molar-refractivity contribution in [3.05, 3.63) is 36.0 Å². The summed E-state index contributed by atoms with van der Waals surface area (Å²) in [6.07, 6.45) is 9.89. The first kappa shape index (κ1) is 14.1. The zero-order valence-corrected chi connectivity index (χ0v) is 14.9. The first-order chi connectivity index (χ1) is 8.06. The van der Waals surface area contributed by atoms with Crippen molar-refractivity contribution >= 4 is 45.2 Å². The van der Waals surface area contributed by atoms with Gasteiger partial charge in [-0.1, -0.05) is 82.5 Å². The molecule has 94 valence electrons. The van der Waals surface area contributed by atoms with E-state index in [4.69, 9.17) is 0 Å².